The first-order valence-electron chi connectivity index (χ1n) is 6.15. The highest BCUT2D eigenvalue weighted by atomic mass is 16.7. The first kappa shape index (κ1) is 13.6. The molecule has 19 heavy (non-hydrogen) atoms. The maximum atomic E-state index is 5.24. The summed E-state index contributed by atoms with van der Waals surface area (Å²) in [7, 11) is 3.27. The van der Waals surface area contributed by atoms with Gasteiger partial charge >= 0.3 is 0 Å². The molecule has 1 aromatic heterocycles. The highest BCUT2D eigenvalue weighted by molar-refractivity contribution is 5.51. The Labute approximate surface area is 113 Å². The number of anilines is 1. The maximum absolute atomic E-state index is 5.24. The third-order valence-corrected chi connectivity index (χ3v) is 2.92. The summed E-state index contributed by atoms with van der Waals surface area (Å²) in [4.78, 5) is 4.05. The molecule has 0 spiro atoms. The average molecular weight is 261 g/mol. The van der Waals surface area contributed by atoms with E-state index < -0.39 is 0 Å². The first-order valence-corrected chi connectivity index (χ1v) is 6.15. The SMILES string of the molecule is COC(OC)C(C)Nc1cccc(-n2ccnc2)c1. The van der Waals surface area contributed by atoms with Crippen LogP contribution in [0.15, 0.2) is 43.0 Å². The number of nitrogens with one attached hydrogen (secondary N) is 1. The number of benzene rings is 1. The van der Waals surface area contributed by atoms with E-state index in [1.807, 2.05) is 35.9 Å². The van der Waals surface area contributed by atoms with Crippen LogP contribution in [0.5, 0.6) is 0 Å². The Morgan fingerprint density at radius 3 is 2.68 bits per heavy atom. The smallest absolute Gasteiger partial charge is 0.176 e. The minimum absolute atomic E-state index is 0.0491. The molecule has 0 aliphatic rings. The molecule has 1 aromatic carbocycles. The van der Waals surface area contributed by atoms with E-state index in [1.54, 1.807) is 26.7 Å². The van der Waals surface area contributed by atoms with Crippen molar-refractivity contribution in [2.45, 2.75) is 19.3 Å². The van der Waals surface area contributed by atoms with Crippen LogP contribution < -0.4 is 5.32 Å². The van der Waals surface area contributed by atoms with Crippen molar-refractivity contribution in [2.75, 3.05) is 19.5 Å². The summed E-state index contributed by atoms with van der Waals surface area (Å²) >= 11 is 0. The van der Waals surface area contributed by atoms with Crippen molar-refractivity contribution in [3.05, 3.63) is 43.0 Å². The maximum Gasteiger partial charge on any atom is 0.176 e. The van der Waals surface area contributed by atoms with Crippen LogP contribution in [-0.4, -0.2) is 36.1 Å². The number of nitrogens with zero attached hydrogens (tertiary/aromatic N) is 2. The van der Waals surface area contributed by atoms with E-state index in [0.717, 1.165) is 11.4 Å². The van der Waals surface area contributed by atoms with Gasteiger partial charge in [0, 0.05) is 38.0 Å². The van der Waals surface area contributed by atoms with Crippen molar-refractivity contribution in [2.24, 2.45) is 0 Å². The number of methoxy groups -OCH3 is 2. The standard InChI is InChI=1S/C14H19N3O2/c1-11(14(18-2)19-3)16-12-5-4-6-13(9-12)17-8-7-15-10-17/h4-11,14,16H,1-3H3. The lowest BCUT2D eigenvalue weighted by Gasteiger charge is -2.23. The Morgan fingerprint density at radius 2 is 2.05 bits per heavy atom. The summed E-state index contributed by atoms with van der Waals surface area (Å²) in [6.45, 7) is 2.02. The number of imidazole rings is 1. The zero-order valence-electron chi connectivity index (χ0n) is 11.4. The number of hydrogen-bond donors (Lipinski definition) is 1. The lowest BCUT2D eigenvalue weighted by molar-refractivity contribution is -0.109. The van der Waals surface area contributed by atoms with Gasteiger partial charge in [-0.05, 0) is 25.1 Å². The van der Waals surface area contributed by atoms with Crippen molar-refractivity contribution in [3.63, 3.8) is 0 Å². The molecule has 0 saturated heterocycles. The summed E-state index contributed by atoms with van der Waals surface area (Å²) in [6, 6.07) is 8.15. The van der Waals surface area contributed by atoms with Gasteiger partial charge in [0.25, 0.3) is 0 Å². The molecule has 2 aromatic rings. The molecular weight excluding hydrogens is 242 g/mol. The lowest BCUT2D eigenvalue weighted by Crippen LogP contribution is -2.33. The molecule has 0 fully saturated rings. The highest BCUT2D eigenvalue weighted by Crippen LogP contribution is 2.16. The molecular formula is C14H19N3O2. The molecule has 102 valence electrons. The van der Waals surface area contributed by atoms with E-state index >= 15 is 0 Å². The summed E-state index contributed by atoms with van der Waals surface area (Å²) in [6.07, 6.45) is 5.16. The zero-order chi connectivity index (χ0) is 13.7. The molecule has 1 heterocycles. The van der Waals surface area contributed by atoms with Gasteiger partial charge in [0.2, 0.25) is 0 Å². The van der Waals surface area contributed by atoms with Crippen LogP contribution in [0.25, 0.3) is 5.69 Å². The second kappa shape index (κ2) is 6.36. The van der Waals surface area contributed by atoms with Gasteiger partial charge in [-0.15, -0.1) is 0 Å². The Kier molecular flexibility index (Phi) is 4.54. The molecule has 5 heteroatoms. The van der Waals surface area contributed by atoms with Gasteiger partial charge in [-0.25, -0.2) is 4.98 Å². The third-order valence-electron chi connectivity index (χ3n) is 2.92. The highest BCUT2D eigenvalue weighted by Gasteiger charge is 2.15. The Balaban J connectivity index is 2.11. The van der Waals surface area contributed by atoms with E-state index in [2.05, 4.69) is 16.4 Å². The Morgan fingerprint density at radius 1 is 1.26 bits per heavy atom. The zero-order valence-corrected chi connectivity index (χ0v) is 11.4. The van der Waals surface area contributed by atoms with Crippen molar-refractivity contribution < 1.29 is 9.47 Å². The molecule has 0 saturated carbocycles. The second-order valence-corrected chi connectivity index (χ2v) is 4.29. The molecule has 1 N–H and O–H groups in total. The molecule has 5 nitrogen and oxygen atoms in total. The molecule has 0 aliphatic heterocycles. The Bertz CT molecular complexity index is 495. The van der Waals surface area contributed by atoms with Gasteiger partial charge in [-0.2, -0.15) is 0 Å². The minimum atomic E-state index is -0.281. The van der Waals surface area contributed by atoms with Crippen LogP contribution in [-0.2, 0) is 9.47 Å². The quantitative estimate of drug-likeness (QED) is 0.811. The first-order chi connectivity index (χ1) is 9.24. The number of aromatic nitrogens is 2. The van der Waals surface area contributed by atoms with Gasteiger partial charge in [0.1, 0.15) is 0 Å². The Hall–Kier alpha value is -1.85. The minimum Gasteiger partial charge on any atom is -0.377 e. The van der Waals surface area contributed by atoms with E-state index in [4.69, 9.17) is 9.47 Å². The van der Waals surface area contributed by atoms with Crippen LogP contribution >= 0.6 is 0 Å². The van der Waals surface area contributed by atoms with Gasteiger partial charge in [-0.1, -0.05) is 6.07 Å². The van der Waals surface area contributed by atoms with Gasteiger partial charge in [0.05, 0.1) is 12.4 Å². The van der Waals surface area contributed by atoms with Crippen LogP contribution in [0.3, 0.4) is 0 Å². The fraction of sp³-hybridized carbons (Fsp3) is 0.357. The molecule has 0 aliphatic carbocycles. The largest absolute Gasteiger partial charge is 0.377 e. The summed E-state index contributed by atoms with van der Waals surface area (Å²) < 4.78 is 12.4. The topological polar surface area (TPSA) is 48.3 Å². The molecule has 1 atom stereocenters. The molecule has 1 unspecified atom stereocenters. The fourth-order valence-electron chi connectivity index (χ4n) is 2.00. The monoisotopic (exact) mass is 261 g/mol. The lowest BCUT2D eigenvalue weighted by atomic mass is 10.2. The van der Waals surface area contributed by atoms with E-state index in [1.165, 1.54) is 0 Å². The normalized spacial score (nSPS) is 12.6. The second-order valence-electron chi connectivity index (χ2n) is 4.29. The predicted molar refractivity (Wildman–Crippen MR) is 74.5 cm³/mol. The number of hydrogen-bond acceptors (Lipinski definition) is 4. The average Bonchev–Trinajstić information content (AvgIpc) is 2.94. The number of ether oxygens (including phenoxy) is 2. The van der Waals surface area contributed by atoms with Crippen LogP contribution in [0.4, 0.5) is 5.69 Å². The predicted octanol–water partition coefficient (Wildman–Crippen LogP) is 2.29. The molecule has 2 rings (SSSR count). The van der Waals surface area contributed by atoms with Gasteiger partial charge in [-0.3, -0.25) is 0 Å². The van der Waals surface area contributed by atoms with Gasteiger partial charge < -0.3 is 19.4 Å². The van der Waals surface area contributed by atoms with E-state index in [0.29, 0.717) is 0 Å². The van der Waals surface area contributed by atoms with Gasteiger partial charge in [0.15, 0.2) is 6.29 Å². The van der Waals surface area contributed by atoms with Crippen molar-refractivity contribution in [1.82, 2.24) is 9.55 Å². The summed E-state index contributed by atoms with van der Waals surface area (Å²) in [5.41, 5.74) is 2.07. The van der Waals surface area contributed by atoms with Crippen molar-refractivity contribution in [1.29, 1.82) is 0 Å². The van der Waals surface area contributed by atoms with E-state index in [9.17, 15) is 0 Å². The van der Waals surface area contributed by atoms with Crippen LogP contribution in [0, 0.1) is 0 Å². The number of rotatable bonds is 6. The van der Waals surface area contributed by atoms with Crippen LogP contribution in [0.2, 0.25) is 0 Å². The summed E-state index contributed by atoms with van der Waals surface area (Å²) in [5.74, 6) is 0. The van der Waals surface area contributed by atoms with Crippen molar-refractivity contribution >= 4 is 5.69 Å². The summed E-state index contributed by atoms with van der Waals surface area (Å²) in [5, 5.41) is 3.36. The molecule has 0 bridgehead atoms. The van der Waals surface area contributed by atoms with Crippen molar-refractivity contribution in [3.8, 4) is 5.69 Å². The molecule has 0 amide bonds. The fourth-order valence-corrected chi connectivity index (χ4v) is 2.00. The van der Waals surface area contributed by atoms with E-state index in [-0.39, 0.29) is 12.3 Å². The van der Waals surface area contributed by atoms with Crippen LogP contribution in [0.1, 0.15) is 6.92 Å². The molecule has 0 radical (unpaired) electrons. The third kappa shape index (κ3) is 3.33.